The topological polar surface area (TPSA) is 72.2 Å². The molecule has 0 radical (unpaired) electrons. The second-order valence-electron chi connectivity index (χ2n) is 3.03. The van der Waals surface area contributed by atoms with Crippen molar-refractivity contribution in [2.75, 3.05) is 7.05 Å². The molecule has 1 N–H and O–H groups in total. The number of benzene rings is 1. The van der Waals surface area contributed by atoms with Gasteiger partial charge in [0, 0.05) is 12.1 Å². The lowest BCUT2D eigenvalue weighted by atomic mass is 10.1. The van der Waals surface area contributed by atoms with E-state index in [4.69, 9.17) is 23.2 Å². The van der Waals surface area contributed by atoms with Gasteiger partial charge < -0.3 is 5.32 Å². The molecular weight excluding hydrogens is 255 g/mol. The molecule has 1 amide bonds. The number of halogens is 2. The number of rotatable bonds is 2. The fourth-order valence-electron chi connectivity index (χ4n) is 1.29. The van der Waals surface area contributed by atoms with Crippen LogP contribution in [0.15, 0.2) is 6.07 Å². The van der Waals surface area contributed by atoms with Gasteiger partial charge in [0.2, 0.25) is 0 Å². The fraction of sp³-hybridized carbons (Fsp3) is 0.222. The minimum atomic E-state index is -0.698. The summed E-state index contributed by atoms with van der Waals surface area (Å²) >= 11 is 11.5. The Morgan fingerprint density at radius 1 is 1.44 bits per heavy atom. The second-order valence-corrected chi connectivity index (χ2v) is 3.84. The van der Waals surface area contributed by atoms with E-state index in [1.807, 2.05) is 0 Å². The van der Waals surface area contributed by atoms with Gasteiger partial charge in [0.05, 0.1) is 4.92 Å². The van der Waals surface area contributed by atoms with E-state index in [1.165, 1.54) is 20.0 Å². The average Bonchev–Trinajstić information content (AvgIpc) is 2.21. The molecule has 0 aliphatic heterocycles. The summed E-state index contributed by atoms with van der Waals surface area (Å²) in [5.74, 6) is -0.589. The fourth-order valence-corrected chi connectivity index (χ4v) is 1.82. The molecule has 1 aromatic rings. The van der Waals surface area contributed by atoms with Crippen molar-refractivity contribution < 1.29 is 9.72 Å². The van der Waals surface area contributed by atoms with E-state index in [9.17, 15) is 14.9 Å². The second kappa shape index (κ2) is 4.67. The Bertz CT molecular complexity index is 474. The molecule has 0 saturated carbocycles. The van der Waals surface area contributed by atoms with Crippen molar-refractivity contribution in [1.29, 1.82) is 0 Å². The molecule has 0 aliphatic rings. The van der Waals surface area contributed by atoms with Crippen molar-refractivity contribution in [3.63, 3.8) is 0 Å². The monoisotopic (exact) mass is 262 g/mol. The van der Waals surface area contributed by atoms with Crippen LogP contribution in [0.5, 0.6) is 0 Å². The molecule has 5 nitrogen and oxygen atoms in total. The quantitative estimate of drug-likeness (QED) is 0.658. The van der Waals surface area contributed by atoms with E-state index >= 15 is 0 Å². The summed E-state index contributed by atoms with van der Waals surface area (Å²) in [5.41, 5.74) is -0.204. The molecule has 0 spiro atoms. The highest BCUT2D eigenvalue weighted by atomic mass is 35.5. The van der Waals surface area contributed by atoms with Crippen LogP contribution in [0, 0.1) is 17.0 Å². The van der Waals surface area contributed by atoms with Crippen LogP contribution in [0.2, 0.25) is 10.0 Å². The maximum atomic E-state index is 11.5. The molecule has 0 heterocycles. The summed E-state index contributed by atoms with van der Waals surface area (Å²) in [4.78, 5) is 21.7. The Balaban J connectivity index is 3.64. The van der Waals surface area contributed by atoms with Crippen molar-refractivity contribution in [2.45, 2.75) is 6.92 Å². The lowest BCUT2D eigenvalue weighted by Crippen LogP contribution is -2.20. The number of nitro benzene ring substituents is 1. The third-order valence-corrected chi connectivity index (χ3v) is 2.77. The Labute approximate surface area is 101 Å². The summed E-state index contributed by atoms with van der Waals surface area (Å²) in [5, 5.41) is 13.2. The van der Waals surface area contributed by atoms with Crippen molar-refractivity contribution in [1.82, 2.24) is 5.32 Å². The number of nitrogens with one attached hydrogen (secondary N) is 1. The SMILES string of the molecule is CNC(=O)c1c(C)c(Cl)cc(Cl)c1[N+](=O)[O-]. The van der Waals surface area contributed by atoms with Crippen LogP contribution in [-0.2, 0) is 0 Å². The number of carbonyl (C=O) groups excluding carboxylic acids is 1. The summed E-state index contributed by atoms with van der Waals surface area (Å²) in [6.45, 7) is 1.52. The molecule has 0 fully saturated rings. The zero-order valence-corrected chi connectivity index (χ0v) is 10.0. The maximum Gasteiger partial charge on any atom is 0.300 e. The first-order valence-electron chi connectivity index (χ1n) is 4.25. The van der Waals surface area contributed by atoms with Gasteiger partial charge in [-0.15, -0.1) is 0 Å². The molecular formula is C9H8Cl2N2O3. The maximum absolute atomic E-state index is 11.5. The summed E-state index contributed by atoms with van der Waals surface area (Å²) in [7, 11) is 1.38. The zero-order valence-electron chi connectivity index (χ0n) is 8.51. The van der Waals surface area contributed by atoms with Crippen LogP contribution in [0.4, 0.5) is 5.69 Å². The average molecular weight is 263 g/mol. The Kier molecular flexibility index (Phi) is 3.72. The standard InChI is InChI=1S/C9H8Cl2N2O3/c1-4-5(10)3-6(11)8(13(15)16)7(4)9(14)12-2/h3H,1-2H3,(H,12,14). The first kappa shape index (κ1) is 12.7. The van der Waals surface area contributed by atoms with Crippen LogP contribution in [0.3, 0.4) is 0 Å². The van der Waals surface area contributed by atoms with Gasteiger partial charge in [-0.3, -0.25) is 14.9 Å². The number of hydrogen-bond donors (Lipinski definition) is 1. The van der Waals surface area contributed by atoms with Crippen molar-refractivity contribution in [3.05, 3.63) is 37.4 Å². The predicted octanol–water partition coefficient (Wildman–Crippen LogP) is 2.57. The molecule has 0 atom stereocenters. The number of hydrogen-bond acceptors (Lipinski definition) is 3. The van der Waals surface area contributed by atoms with Crippen LogP contribution >= 0.6 is 23.2 Å². The van der Waals surface area contributed by atoms with Gasteiger partial charge in [-0.05, 0) is 18.6 Å². The van der Waals surface area contributed by atoms with E-state index in [0.29, 0.717) is 5.56 Å². The van der Waals surface area contributed by atoms with Gasteiger partial charge in [-0.2, -0.15) is 0 Å². The van der Waals surface area contributed by atoms with Crippen LogP contribution < -0.4 is 5.32 Å². The predicted molar refractivity (Wildman–Crippen MR) is 61.2 cm³/mol. The van der Waals surface area contributed by atoms with Gasteiger partial charge in [-0.1, -0.05) is 23.2 Å². The summed E-state index contributed by atoms with van der Waals surface area (Å²) < 4.78 is 0. The highest BCUT2D eigenvalue weighted by Crippen LogP contribution is 2.35. The van der Waals surface area contributed by atoms with Crippen LogP contribution in [0.1, 0.15) is 15.9 Å². The summed E-state index contributed by atoms with van der Waals surface area (Å²) in [6.07, 6.45) is 0. The Morgan fingerprint density at radius 2 is 2.00 bits per heavy atom. The normalized spacial score (nSPS) is 10.0. The highest BCUT2D eigenvalue weighted by molar-refractivity contribution is 6.37. The highest BCUT2D eigenvalue weighted by Gasteiger charge is 2.27. The molecule has 0 aromatic heterocycles. The van der Waals surface area contributed by atoms with Gasteiger partial charge in [-0.25, -0.2) is 0 Å². The van der Waals surface area contributed by atoms with Gasteiger partial charge in [0.1, 0.15) is 10.6 Å². The number of nitrogens with zero attached hydrogens (tertiary/aromatic N) is 1. The van der Waals surface area contributed by atoms with Crippen molar-refractivity contribution >= 4 is 34.8 Å². The first-order chi connectivity index (χ1) is 7.40. The van der Waals surface area contributed by atoms with Crippen molar-refractivity contribution in [2.24, 2.45) is 0 Å². The lowest BCUT2D eigenvalue weighted by molar-refractivity contribution is -0.385. The molecule has 1 rings (SSSR count). The number of nitro groups is 1. The molecule has 0 saturated heterocycles. The van der Waals surface area contributed by atoms with Gasteiger partial charge >= 0.3 is 5.69 Å². The third-order valence-electron chi connectivity index (χ3n) is 2.09. The minimum Gasteiger partial charge on any atom is -0.355 e. The largest absolute Gasteiger partial charge is 0.355 e. The van der Waals surface area contributed by atoms with Crippen molar-refractivity contribution in [3.8, 4) is 0 Å². The van der Waals surface area contributed by atoms with Gasteiger partial charge in [0.15, 0.2) is 0 Å². The Morgan fingerprint density at radius 3 is 2.44 bits per heavy atom. The molecule has 0 aliphatic carbocycles. The lowest BCUT2D eigenvalue weighted by Gasteiger charge is -2.08. The first-order valence-corrected chi connectivity index (χ1v) is 5.00. The Hall–Kier alpha value is -1.33. The number of carbonyl (C=O) groups is 1. The molecule has 16 heavy (non-hydrogen) atoms. The van der Waals surface area contributed by atoms with E-state index in [0.717, 1.165) is 0 Å². The zero-order chi connectivity index (χ0) is 12.5. The summed E-state index contributed by atoms with van der Waals surface area (Å²) in [6, 6.07) is 1.25. The smallest absolute Gasteiger partial charge is 0.300 e. The molecule has 1 aromatic carbocycles. The third kappa shape index (κ3) is 2.10. The van der Waals surface area contributed by atoms with E-state index in [1.54, 1.807) is 0 Å². The molecule has 7 heteroatoms. The van der Waals surface area contributed by atoms with E-state index < -0.39 is 16.5 Å². The van der Waals surface area contributed by atoms with E-state index in [-0.39, 0.29) is 15.6 Å². The van der Waals surface area contributed by atoms with Gasteiger partial charge in [0.25, 0.3) is 5.91 Å². The minimum absolute atomic E-state index is 0.106. The molecule has 0 bridgehead atoms. The molecule has 0 unspecified atom stereocenters. The van der Waals surface area contributed by atoms with Crippen LogP contribution in [-0.4, -0.2) is 17.9 Å². The molecule has 86 valence electrons. The van der Waals surface area contributed by atoms with Crippen LogP contribution in [0.25, 0.3) is 0 Å². The number of amides is 1. The van der Waals surface area contributed by atoms with E-state index in [2.05, 4.69) is 5.32 Å².